The van der Waals surface area contributed by atoms with Gasteiger partial charge >= 0.3 is 0 Å². The molecule has 0 aliphatic heterocycles. The Morgan fingerprint density at radius 2 is 0.518 bits per heavy atom. The van der Waals surface area contributed by atoms with E-state index in [4.69, 9.17) is 0 Å². The lowest BCUT2D eigenvalue weighted by molar-refractivity contribution is 1.57. The highest BCUT2D eigenvalue weighted by Gasteiger charge is 2.41. The van der Waals surface area contributed by atoms with Gasteiger partial charge in [-0.2, -0.15) is 0 Å². The van der Waals surface area contributed by atoms with Crippen molar-refractivity contribution in [2.24, 2.45) is 0 Å². The number of benzene rings is 10. The third-order valence-electron chi connectivity index (χ3n) is 12.2. The lowest BCUT2D eigenvalue weighted by atomic mass is 9.83. The maximum atomic E-state index is 2.53. The van der Waals surface area contributed by atoms with E-state index in [-0.39, 0.29) is 0 Å². The molecule has 0 saturated carbocycles. The molecule has 0 atom stereocenters. The number of hydrogen-bond acceptors (Lipinski definition) is 0. The van der Waals surface area contributed by atoms with Crippen LogP contribution in [0.25, 0.3) is 81.7 Å². The van der Waals surface area contributed by atoms with Gasteiger partial charge in [-0.15, -0.1) is 0 Å². The van der Waals surface area contributed by atoms with E-state index in [2.05, 4.69) is 206 Å². The SMILES string of the molecule is c1ccc(C2=C3C(=C(c4ccccc4)c4cc5c6ccccc6c6ccccc6c5cc43)C(c3cccc4ccccc34)=C2c2cccc3ccccc23)cc1. The van der Waals surface area contributed by atoms with Crippen LogP contribution in [0.1, 0.15) is 33.4 Å². The van der Waals surface area contributed by atoms with E-state index >= 15 is 0 Å². The Labute approximate surface area is 325 Å². The van der Waals surface area contributed by atoms with Gasteiger partial charge in [0.2, 0.25) is 0 Å². The second kappa shape index (κ2) is 12.1. The Bertz CT molecular complexity index is 3360. The summed E-state index contributed by atoms with van der Waals surface area (Å²) in [5.41, 5.74) is 15.3. The molecule has 12 rings (SSSR count). The van der Waals surface area contributed by atoms with Crippen LogP contribution in [0.2, 0.25) is 0 Å². The van der Waals surface area contributed by atoms with E-state index in [1.54, 1.807) is 0 Å². The molecular formula is C56H34. The molecular weight excluding hydrogens is 673 g/mol. The van der Waals surface area contributed by atoms with Gasteiger partial charge in [0.05, 0.1) is 0 Å². The first-order chi connectivity index (χ1) is 27.8. The zero-order valence-corrected chi connectivity index (χ0v) is 30.6. The van der Waals surface area contributed by atoms with Crippen molar-refractivity contribution in [3.05, 3.63) is 245 Å². The van der Waals surface area contributed by atoms with Gasteiger partial charge in [-0.05, 0) is 133 Å². The summed E-state index contributed by atoms with van der Waals surface area (Å²) in [4.78, 5) is 0. The highest BCUT2D eigenvalue weighted by atomic mass is 14.4. The minimum absolute atomic E-state index is 1.22. The summed E-state index contributed by atoms with van der Waals surface area (Å²) in [5, 5.41) is 12.7. The average Bonchev–Trinajstić information content (AvgIpc) is 3.78. The minimum atomic E-state index is 1.22. The molecule has 0 saturated heterocycles. The third-order valence-corrected chi connectivity index (χ3v) is 12.2. The quantitative estimate of drug-likeness (QED) is 0.160. The van der Waals surface area contributed by atoms with Crippen molar-refractivity contribution in [3.8, 4) is 0 Å². The predicted octanol–water partition coefficient (Wildman–Crippen LogP) is 14.8. The van der Waals surface area contributed by atoms with E-state index in [1.807, 2.05) is 0 Å². The summed E-state index contributed by atoms with van der Waals surface area (Å²) < 4.78 is 0. The van der Waals surface area contributed by atoms with Gasteiger partial charge < -0.3 is 0 Å². The Kier molecular flexibility index (Phi) is 6.73. The van der Waals surface area contributed by atoms with Crippen molar-refractivity contribution in [2.45, 2.75) is 0 Å². The fraction of sp³-hybridized carbons (Fsp3) is 0. The molecule has 2 aliphatic carbocycles. The normalized spacial score (nSPS) is 13.9. The van der Waals surface area contributed by atoms with Crippen LogP contribution in [0, 0.1) is 0 Å². The van der Waals surface area contributed by atoms with Crippen LogP contribution in [0.4, 0.5) is 0 Å². The molecule has 0 bridgehead atoms. The maximum Gasteiger partial charge on any atom is -0.000115 e. The molecule has 56 heavy (non-hydrogen) atoms. The van der Waals surface area contributed by atoms with Gasteiger partial charge in [0, 0.05) is 0 Å². The van der Waals surface area contributed by atoms with Gasteiger partial charge in [-0.25, -0.2) is 0 Å². The van der Waals surface area contributed by atoms with E-state index in [1.165, 1.54) is 121 Å². The van der Waals surface area contributed by atoms with E-state index < -0.39 is 0 Å². The van der Waals surface area contributed by atoms with Gasteiger partial charge in [0.15, 0.2) is 0 Å². The molecule has 0 radical (unpaired) electrons. The van der Waals surface area contributed by atoms with Crippen molar-refractivity contribution in [1.82, 2.24) is 0 Å². The van der Waals surface area contributed by atoms with Crippen molar-refractivity contribution < 1.29 is 0 Å². The Morgan fingerprint density at radius 1 is 0.179 bits per heavy atom. The van der Waals surface area contributed by atoms with Crippen LogP contribution < -0.4 is 0 Å². The molecule has 0 heteroatoms. The molecule has 2 aliphatic rings. The van der Waals surface area contributed by atoms with Crippen LogP contribution >= 0.6 is 0 Å². The summed E-state index contributed by atoms with van der Waals surface area (Å²) in [5.74, 6) is 0. The number of rotatable bonds is 4. The number of allylic oxidation sites excluding steroid dienone is 5. The fourth-order valence-electron chi connectivity index (χ4n) is 9.87. The molecule has 0 amide bonds. The average molecular weight is 707 g/mol. The molecule has 0 nitrogen and oxygen atoms in total. The van der Waals surface area contributed by atoms with Gasteiger partial charge in [-0.1, -0.05) is 194 Å². The fourth-order valence-corrected chi connectivity index (χ4v) is 9.87. The zero-order valence-electron chi connectivity index (χ0n) is 30.6. The summed E-state index contributed by atoms with van der Waals surface area (Å²) in [6.07, 6.45) is 0. The van der Waals surface area contributed by atoms with E-state index in [0.29, 0.717) is 0 Å². The first kappa shape index (κ1) is 31.1. The van der Waals surface area contributed by atoms with E-state index in [9.17, 15) is 0 Å². The maximum absolute atomic E-state index is 2.53. The van der Waals surface area contributed by atoms with Crippen molar-refractivity contribution >= 4 is 81.7 Å². The molecule has 0 aromatic heterocycles. The standard InChI is InChI=1S/C56H34/c1-3-19-37(20-4-1)51-49-33-47-43-29-13-11-27-41(43)42-28-12-14-30-44(42)48(47)34-50(49)55-52(38-21-5-2-6-22-38)53(45-31-15-23-35-17-7-9-25-39(35)45)54(56(51)55)46-32-16-24-36-18-8-10-26-40(36)46/h1-34H. The zero-order chi connectivity index (χ0) is 36.7. The molecule has 0 heterocycles. The lowest BCUT2D eigenvalue weighted by Crippen LogP contribution is -1.97. The van der Waals surface area contributed by atoms with Gasteiger partial charge in [-0.3, -0.25) is 0 Å². The van der Waals surface area contributed by atoms with Crippen molar-refractivity contribution in [3.63, 3.8) is 0 Å². The van der Waals surface area contributed by atoms with Gasteiger partial charge in [0.25, 0.3) is 0 Å². The van der Waals surface area contributed by atoms with Crippen LogP contribution in [0.15, 0.2) is 212 Å². The smallest absolute Gasteiger partial charge is 0.000115 e. The monoisotopic (exact) mass is 706 g/mol. The topological polar surface area (TPSA) is 0 Å². The van der Waals surface area contributed by atoms with Crippen LogP contribution in [0.3, 0.4) is 0 Å². The van der Waals surface area contributed by atoms with Crippen molar-refractivity contribution in [2.75, 3.05) is 0 Å². The van der Waals surface area contributed by atoms with Crippen LogP contribution in [-0.2, 0) is 0 Å². The highest BCUT2D eigenvalue weighted by Crippen LogP contribution is 2.63. The van der Waals surface area contributed by atoms with Gasteiger partial charge in [0.1, 0.15) is 0 Å². The second-order valence-corrected chi connectivity index (χ2v) is 15.1. The summed E-state index contributed by atoms with van der Waals surface area (Å²) in [6.45, 7) is 0. The highest BCUT2D eigenvalue weighted by molar-refractivity contribution is 6.42. The van der Waals surface area contributed by atoms with Crippen LogP contribution in [0.5, 0.6) is 0 Å². The minimum Gasteiger partial charge on any atom is -0.0622 e. The predicted molar refractivity (Wildman–Crippen MR) is 239 cm³/mol. The Balaban J connectivity index is 1.33. The number of hydrogen-bond donors (Lipinski definition) is 0. The molecule has 258 valence electrons. The Hall–Kier alpha value is -7.28. The first-order valence-corrected chi connectivity index (χ1v) is 19.5. The lowest BCUT2D eigenvalue weighted by Gasteiger charge is -2.19. The molecule has 0 fully saturated rings. The second-order valence-electron chi connectivity index (χ2n) is 15.1. The first-order valence-electron chi connectivity index (χ1n) is 19.5. The largest absolute Gasteiger partial charge is 0.0622 e. The van der Waals surface area contributed by atoms with Crippen molar-refractivity contribution in [1.29, 1.82) is 0 Å². The third kappa shape index (κ3) is 4.42. The number of fused-ring (bicyclic) bond motifs is 11. The van der Waals surface area contributed by atoms with Crippen LogP contribution in [-0.4, -0.2) is 0 Å². The molecule has 10 aromatic rings. The van der Waals surface area contributed by atoms with E-state index in [0.717, 1.165) is 0 Å². The molecule has 0 unspecified atom stereocenters. The molecule has 0 N–H and O–H groups in total. The Morgan fingerprint density at radius 3 is 1.02 bits per heavy atom. The summed E-state index contributed by atoms with van der Waals surface area (Å²) >= 11 is 0. The molecule has 0 spiro atoms. The summed E-state index contributed by atoms with van der Waals surface area (Å²) in [6, 6.07) is 76.6. The summed E-state index contributed by atoms with van der Waals surface area (Å²) in [7, 11) is 0. The molecule has 10 aromatic carbocycles.